The number of morpholine rings is 1. The number of nitrogens with one attached hydrogen (secondary N) is 2. The fraction of sp³-hybridized carbons (Fsp3) is 0.548. The minimum absolute atomic E-state index is 0.00867. The summed E-state index contributed by atoms with van der Waals surface area (Å²) >= 11 is 12.2. The molecule has 2 unspecified atom stereocenters. The molecule has 2 amide bonds. The highest BCUT2D eigenvalue weighted by atomic mass is 35.5. The van der Waals surface area contributed by atoms with Crippen molar-refractivity contribution in [3.8, 4) is 0 Å². The molecule has 3 fully saturated rings. The first-order chi connectivity index (χ1) is 20.7. The van der Waals surface area contributed by atoms with E-state index in [0.717, 1.165) is 69.1 Å². The lowest BCUT2D eigenvalue weighted by atomic mass is 9.79. The standard InChI is InChI=1S/C31H40Cl2N4O5S/c32-24-9-13-29(26(33)20-24)43(40,41)37-15-14-34-31(39)28(37)21-30(38)35-25-10-7-23(8-11-25)27(36-16-18-42-19-17-36)12-6-22-4-2-1-3-5-22/h1-5,9,13,20,23,25,27-28H,6-8,10-12,14-19,21H2,(H,34,39)(H,35,38). The third-order valence-electron chi connectivity index (χ3n) is 8.91. The van der Waals surface area contributed by atoms with Gasteiger partial charge >= 0.3 is 0 Å². The Morgan fingerprint density at radius 2 is 1.74 bits per heavy atom. The van der Waals surface area contributed by atoms with Crippen molar-refractivity contribution in [3.05, 3.63) is 64.1 Å². The molecular weight excluding hydrogens is 611 g/mol. The lowest BCUT2D eigenvalue weighted by molar-refractivity contribution is -0.132. The number of amides is 2. The molecule has 5 rings (SSSR count). The van der Waals surface area contributed by atoms with E-state index in [1.54, 1.807) is 0 Å². The van der Waals surface area contributed by atoms with Crippen molar-refractivity contribution in [1.29, 1.82) is 0 Å². The van der Waals surface area contributed by atoms with Crippen molar-refractivity contribution in [2.24, 2.45) is 5.92 Å². The Hall–Kier alpha value is -2.21. The SMILES string of the molecule is O=C(CC1C(=O)NCCN1S(=O)(=O)c1ccc(Cl)cc1Cl)NC1CCC(C(CCc2ccccc2)N2CCOCC2)CC1. The van der Waals surface area contributed by atoms with Crippen molar-refractivity contribution >= 4 is 45.0 Å². The van der Waals surface area contributed by atoms with Crippen LogP contribution >= 0.6 is 23.2 Å². The summed E-state index contributed by atoms with van der Waals surface area (Å²) in [5.41, 5.74) is 1.35. The van der Waals surface area contributed by atoms with Crippen molar-refractivity contribution < 1.29 is 22.7 Å². The minimum Gasteiger partial charge on any atom is -0.379 e. The number of aryl methyl sites for hydroxylation is 1. The van der Waals surface area contributed by atoms with Gasteiger partial charge in [-0.3, -0.25) is 14.5 Å². The summed E-state index contributed by atoms with van der Waals surface area (Å²) in [6.45, 7) is 3.61. The van der Waals surface area contributed by atoms with Crippen LogP contribution in [0.2, 0.25) is 10.0 Å². The van der Waals surface area contributed by atoms with Gasteiger partial charge < -0.3 is 15.4 Å². The maximum atomic E-state index is 13.5. The van der Waals surface area contributed by atoms with E-state index in [9.17, 15) is 18.0 Å². The number of sulfonamides is 1. The van der Waals surface area contributed by atoms with Crippen molar-refractivity contribution in [1.82, 2.24) is 19.8 Å². The number of nitrogens with zero attached hydrogens (tertiary/aromatic N) is 2. The van der Waals surface area contributed by atoms with E-state index in [1.165, 1.54) is 23.8 Å². The summed E-state index contributed by atoms with van der Waals surface area (Å²) in [4.78, 5) is 28.4. The van der Waals surface area contributed by atoms with Crippen LogP contribution in [0.4, 0.5) is 0 Å². The second-order valence-corrected chi connectivity index (χ2v) is 14.3. The minimum atomic E-state index is -4.14. The first-order valence-electron chi connectivity index (χ1n) is 15.1. The fourth-order valence-electron chi connectivity index (χ4n) is 6.68. The molecule has 1 saturated carbocycles. The number of ether oxygens (including phenoxy) is 1. The van der Waals surface area contributed by atoms with Gasteiger partial charge in [0.1, 0.15) is 10.9 Å². The van der Waals surface area contributed by atoms with Gasteiger partial charge in [0.05, 0.1) is 24.7 Å². The Bertz CT molecular complexity index is 1370. The molecule has 1 aliphatic carbocycles. The van der Waals surface area contributed by atoms with E-state index in [2.05, 4.69) is 39.8 Å². The maximum absolute atomic E-state index is 13.5. The van der Waals surface area contributed by atoms with Gasteiger partial charge in [-0.25, -0.2) is 8.42 Å². The van der Waals surface area contributed by atoms with Crippen LogP contribution in [-0.4, -0.2) is 87.0 Å². The molecule has 9 nitrogen and oxygen atoms in total. The predicted molar refractivity (Wildman–Crippen MR) is 167 cm³/mol. The fourth-order valence-corrected chi connectivity index (χ4v) is 9.02. The molecule has 2 aromatic carbocycles. The van der Waals surface area contributed by atoms with Gasteiger partial charge in [0.2, 0.25) is 21.8 Å². The Labute approximate surface area is 264 Å². The Morgan fingerprint density at radius 1 is 1.02 bits per heavy atom. The summed E-state index contributed by atoms with van der Waals surface area (Å²) in [5.74, 6) is -0.295. The van der Waals surface area contributed by atoms with E-state index < -0.39 is 22.0 Å². The Kier molecular flexibility index (Phi) is 11.0. The molecule has 234 valence electrons. The molecule has 2 N–H and O–H groups in total. The number of carbonyl (C=O) groups is 2. The molecule has 3 aliphatic rings. The molecule has 0 bridgehead atoms. The normalized spacial score (nSPS) is 24.7. The van der Waals surface area contributed by atoms with Crippen LogP contribution in [-0.2, 0) is 30.8 Å². The van der Waals surface area contributed by atoms with Crippen LogP contribution in [0.3, 0.4) is 0 Å². The number of hydrogen-bond acceptors (Lipinski definition) is 6. The molecule has 2 heterocycles. The van der Waals surface area contributed by atoms with Crippen molar-refractivity contribution in [2.75, 3.05) is 39.4 Å². The molecule has 12 heteroatoms. The first kappa shape index (κ1) is 32.2. The summed E-state index contributed by atoms with van der Waals surface area (Å²) in [6.07, 6.45) is 5.56. The smallest absolute Gasteiger partial charge is 0.245 e. The molecule has 2 aliphatic heterocycles. The van der Waals surface area contributed by atoms with Crippen LogP contribution in [0.1, 0.15) is 44.1 Å². The van der Waals surface area contributed by atoms with Gasteiger partial charge in [-0.05, 0) is 68.2 Å². The zero-order valence-corrected chi connectivity index (χ0v) is 26.5. The number of halogens is 2. The number of carbonyl (C=O) groups excluding carboxylic acids is 2. The monoisotopic (exact) mass is 650 g/mol. The van der Waals surface area contributed by atoms with Crippen molar-refractivity contribution in [2.45, 2.75) is 68.0 Å². The summed E-state index contributed by atoms with van der Waals surface area (Å²) in [6, 6.07) is 14.0. The quantitative estimate of drug-likeness (QED) is 0.404. The van der Waals surface area contributed by atoms with Crippen LogP contribution in [0.25, 0.3) is 0 Å². The molecular formula is C31H40Cl2N4O5S. The molecule has 43 heavy (non-hydrogen) atoms. The van der Waals surface area contributed by atoms with E-state index in [1.807, 2.05) is 6.07 Å². The van der Waals surface area contributed by atoms with E-state index >= 15 is 0 Å². The largest absolute Gasteiger partial charge is 0.379 e. The zero-order chi connectivity index (χ0) is 30.4. The lowest BCUT2D eigenvalue weighted by Gasteiger charge is -2.42. The van der Waals surface area contributed by atoms with Crippen LogP contribution in [0.5, 0.6) is 0 Å². The average Bonchev–Trinajstić information content (AvgIpc) is 3.00. The first-order valence-corrected chi connectivity index (χ1v) is 17.3. The Balaban J connectivity index is 1.18. The molecule has 0 spiro atoms. The molecule has 2 aromatic rings. The third-order valence-corrected chi connectivity index (χ3v) is 11.5. The topological polar surface area (TPSA) is 108 Å². The number of benzene rings is 2. The van der Waals surface area contributed by atoms with Crippen LogP contribution < -0.4 is 10.6 Å². The summed E-state index contributed by atoms with van der Waals surface area (Å²) in [5, 5.41) is 6.07. The summed E-state index contributed by atoms with van der Waals surface area (Å²) in [7, 11) is -4.14. The highest BCUT2D eigenvalue weighted by Gasteiger charge is 2.41. The third kappa shape index (κ3) is 8.09. The summed E-state index contributed by atoms with van der Waals surface area (Å²) < 4.78 is 33.7. The van der Waals surface area contributed by atoms with Gasteiger partial charge in [0.15, 0.2) is 0 Å². The Morgan fingerprint density at radius 3 is 2.44 bits per heavy atom. The lowest BCUT2D eigenvalue weighted by Crippen LogP contribution is -2.58. The predicted octanol–water partition coefficient (Wildman–Crippen LogP) is 3.88. The maximum Gasteiger partial charge on any atom is 0.245 e. The zero-order valence-electron chi connectivity index (χ0n) is 24.2. The number of piperazine rings is 1. The van der Waals surface area contributed by atoms with Gasteiger partial charge in [-0.15, -0.1) is 0 Å². The van der Waals surface area contributed by atoms with Gasteiger partial charge in [0, 0.05) is 43.3 Å². The van der Waals surface area contributed by atoms with E-state index in [4.69, 9.17) is 27.9 Å². The second-order valence-electron chi connectivity index (χ2n) is 11.6. The molecule has 2 saturated heterocycles. The number of rotatable bonds is 10. The van der Waals surface area contributed by atoms with Crippen molar-refractivity contribution in [3.63, 3.8) is 0 Å². The molecule has 0 aromatic heterocycles. The van der Waals surface area contributed by atoms with Gasteiger partial charge in [0.25, 0.3) is 0 Å². The molecule has 2 atom stereocenters. The highest BCUT2D eigenvalue weighted by Crippen LogP contribution is 2.33. The number of hydrogen-bond donors (Lipinski definition) is 2. The van der Waals surface area contributed by atoms with E-state index in [0.29, 0.717) is 17.0 Å². The van der Waals surface area contributed by atoms with Crippen LogP contribution in [0.15, 0.2) is 53.4 Å². The second kappa shape index (κ2) is 14.7. The van der Waals surface area contributed by atoms with Gasteiger partial charge in [-0.1, -0.05) is 53.5 Å². The molecule has 0 radical (unpaired) electrons. The highest BCUT2D eigenvalue weighted by molar-refractivity contribution is 7.89. The van der Waals surface area contributed by atoms with Crippen LogP contribution in [0, 0.1) is 5.92 Å². The van der Waals surface area contributed by atoms with Gasteiger partial charge in [-0.2, -0.15) is 4.31 Å². The average molecular weight is 652 g/mol. The van der Waals surface area contributed by atoms with E-state index in [-0.39, 0.29) is 41.4 Å².